The van der Waals surface area contributed by atoms with Gasteiger partial charge >= 0.3 is 0 Å². The lowest BCUT2D eigenvalue weighted by Crippen LogP contribution is -2.34. The second-order valence-electron chi connectivity index (χ2n) is 10.00. The van der Waals surface area contributed by atoms with Crippen molar-refractivity contribution in [1.29, 1.82) is 0 Å². The van der Waals surface area contributed by atoms with Crippen molar-refractivity contribution in [1.82, 2.24) is 4.90 Å². The predicted molar refractivity (Wildman–Crippen MR) is 129 cm³/mol. The minimum atomic E-state index is -0.0752. The van der Waals surface area contributed by atoms with E-state index in [0.717, 1.165) is 36.2 Å². The molecule has 0 spiro atoms. The van der Waals surface area contributed by atoms with Crippen LogP contribution in [0.25, 0.3) is 0 Å². The van der Waals surface area contributed by atoms with Gasteiger partial charge in [0.1, 0.15) is 0 Å². The van der Waals surface area contributed by atoms with Crippen LogP contribution in [-0.2, 0) is 11.3 Å². The Hall–Kier alpha value is -2.37. The molecule has 1 aliphatic heterocycles. The molecule has 1 N–H and O–H groups in total. The number of hydrogen-bond acceptors (Lipinski definition) is 4. The summed E-state index contributed by atoms with van der Waals surface area (Å²) < 4.78 is 5.85. The summed E-state index contributed by atoms with van der Waals surface area (Å²) in [7, 11) is 4.42. The van der Waals surface area contributed by atoms with E-state index in [1.165, 1.54) is 37.8 Å². The van der Waals surface area contributed by atoms with Crippen molar-refractivity contribution >= 4 is 17.3 Å². The number of benzene rings is 2. The first kappa shape index (κ1) is 21.5. The SMILES string of the molecule is CN(C)[C@@H]1CCC2CN(c3ccc(NC(=O)c4ccc(COC5CCC5)cc4)cc3)CC21. The molecule has 0 radical (unpaired) electrons. The molecule has 2 aromatic rings. The zero-order chi connectivity index (χ0) is 22.1. The van der Waals surface area contributed by atoms with Gasteiger partial charge in [0, 0.05) is 36.1 Å². The number of hydrogen-bond donors (Lipinski definition) is 1. The molecule has 170 valence electrons. The van der Waals surface area contributed by atoms with Gasteiger partial charge in [0.2, 0.25) is 0 Å². The van der Waals surface area contributed by atoms with Gasteiger partial charge in [0.05, 0.1) is 12.7 Å². The first-order valence-corrected chi connectivity index (χ1v) is 12.1. The lowest BCUT2D eigenvalue weighted by molar-refractivity contribution is -0.00866. The minimum Gasteiger partial charge on any atom is -0.374 e. The van der Waals surface area contributed by atoms with E-state index in [4.69, 9.17) is 4.74 Å². The number of anilines is 2. The maximum Gasteiger partial charge on any atom is 0.255 e. The highest BCUT2D eigenvalue weighted by Crippen LogP contribution is 2.41. The molecule has 1 saturated heterocycles. The third-order valence-electron chi connectivity index (χ3n) is 7.73. The van der Waals surface area contributed by atoms with E-state index in [1.54, 1.807) is 0 Å². The van der Waals surface area contributed by atoms with Crippen molar-refractivity contribution in [3.8, 4) is 0 Å². The minimum absolute atomic E-state index is 0.0752. The summed E-state index contributed by atoms with van der Waals surface area (Å²) >= 11 is 0. The van der Waals surface area contributed by atoms with Gasteiger partial charge in [-0.2, -0.15) is 0 Å². The summed E-state index contributed by atoms with van der Waals surface area (Å²) in [6.45, 7) is 2.91. The van der Waals surface area contributed by atoms with Crippen LogP contribution in [0.1, 0.15) is 48.0 Å². The number of amides is 1. The molecule has 2 unspecified atom stereocenters. The fourth-order valence-corrected chi connectivity index (χ4v) is 5.55. The quantitative estimate of drug-likeness (QED) is 0.682. The van der Waals surface area contributed by atoms with E-state index < -0.39 is 0 Å². The Labute approximate surface area is 191 Å². The summed E-state index contributed by atoms with van der Waals surface area (Å²) in [4.78, 5) is 17.6. The third kappa shape index (κ3) is 4.55. The molecule has 32 heavy (non-hydrogen) atoms. The van der Waals surface area contributed by atoms with Crippen LogP contribution in [0.5, 0.6) is 0 Å². The van der Waals surface area contributed by atoms with Gasteiger partial charge in [-0.1, -0.05) is 12.1 Å². The molecule has 5 heteroatoms. The Morgan fingerprint density at radius 3 is 2.41 bits per heavy atom. The van der Waals surface area contributed by atoms with Gasteiger partial charge in [0.25, 0.3) is 5.91 Å². The molecule has 5 nitrogen and oxygen atoms in total. The molecule has 0 bridgehead atoms. The number of nitrogens with one attached hydrogen (secondary N) is 1. The lowest BCUT2D eigenvalue weighted by atomic mass is 9.96. The Bertz CT molecular complexity index is 921. The number of carbonyl (C=O) groups excluding carboxylic acids is 1. The summed E-state index contributed by atoms with van der Waals surface area (Å²) in [5.74, 6) is 1.50. The highest BCUT2D eigenvalue weighted by molar-refractivity contribution is 6.04. The zero-order valence-electron chi connectivity index (χ0n) is 19.3. The van der Waals surface area contributed by atoms with Gasteiger partial charge in [0.15, 0.2) is 0 Å². The molecule has 2 saturated carbocycles. The maximum absolute atomic E-state index is 12.7. The van der Waals surface area contributed by atoms with Crippen LogP contribution >= 0.6 is 0 Å². The number of fused-ring (bicyclic) bond motifs is 1. The van der Waals surface area contributed by atoms with Crippen LogP contribution in [-0.4, -0.2) is 50.1 Å². The smallest absolute Gasteiger partial charge is 0.255 e. The standard InChI is InChI=1S/C27H35N3O2/c1-29(2)26-15-10-21-16-30(17-25(21)26)23-13-11-22(12-14-23)28-27(31)20-8-6-19(7-9-20)18-32-24-4-3-5-24/h6-9,11-14,21,24-26H,3-5,10,15-18H2,1-2H3,(H,28,31)/t21?,25?,26-/m1/s1. The number of carbonyl (C=O) groups is 1. The fraction of sp³-hybridized carbons (Fsp3) is 0.519. The van der Waals surface area contributed by atoms with Gasteiger partial charge < -0.3 is 19.9 Å². The normalized spacial score (nSPS) is 25.1. The van der Waals surface area contributed by atoms with E-state index >= 15 is 0 Å². The van der Waals surface area contributed by atoms with Crippen LogP contribution in [0.3, 0.4) is 0 Å². The van der Waals surface area contributed by atoms with Crippen molar-refractivity contribution in [2.75, 3.05) is 37.4 Å². The molecule has 3 fully saturated rings. The molecule has 1 amide bonds. The molecule has 3 atom stereocenters. The van der Waals surface area contributed by atoms with Gasteiger partial charge in [-0.3, -0.25) is 4.79 Å². The number of rotatable bonds is 7. The monoisotopic (exact) mass is 433 g/mol. The summed E-state index contributed by atoms with van der Waals surface area (Å²) in [5, 5.41) is 3.03. The van der Waals surface area contributed by atoms with Crippen LogP contribution in [0, 0.1) is 11.8 Å². The largest absolute Gasteiger partial charge is 0.374 e. The molecule has 3 aliphatic rings. The average Bonchev–Trinajstić information content (AvgIpc) is 3.34. The topological polar surface area (TPSA) is 44.8 Å². The molecular weight excluding hydrogens is 398 g/mol. The van der Waals surface area contributed by atoms with E-state index in [0.29, 0.717) is 24.3 Å². The number of ether oxygens (including phenoxy) is 1. The first-order chi connectivity index (χ1) is 15.6. The highest BCUT2D eigenvalue weighted by atomic mass is 16.5. The first-order valence-electron chi connectivity index (χ1n) is 12.1. The van der Waals surface area contributed by atoms with E-state index in [1.807, 2.05) is 36.4 Å². The van der Waals surface area contributed by atoms with Crippen molar-refractivity contribution < 1.29 is 9.53 Å². The maximum atomic E-state index is 12.7. The van der Waals surface area contributed by atoms with E-state index in [-0.39, 0.29) is 5.91 Å². The predicted octanol–water partition coefficient (Wildman–Crippen LogP) is 4.78. The Balaban J connectivity index is 1.15. The lowest BCUT2D eigenvalue weighted by Gasteiger charge is -2.27. The second kappa shape index (κ2) is 9.24. The number of nitrogens with zero attached hydrogens (tertiary/aromatic N) is 2. The molecule has 0 aromatic heterocycles. The van der Waals surface area contributed by atoms with Gasteiger partial charge in [-0.25, -0.2) is 0 Å². The van der Waals surface area contributed by atoms with Crippen LogP contribution in [0.4, 0.5) is 11.4 Å². The van der Waals surface area contributed by atoms with Crippen LogP contribution < -0.4 is 10.2 Å². The summed E-state index contributed by atoms with van der Waals surface area (Å²) in [6, 6.07) is 16.8. The highest BCUT2D eigenvalue weighted by Gasteiger charge is 2.43. The Morgan fingerprint density at radius 2 is 1.75 bits per heavy atom. The van der Waals surface area contributed by atoms with Crippen molar-refractivity contribution in [3.05, 3.63) is 59.7 Å². The fourth-order valence-electron chi connectivity index (χ4n) is 5.55. The van der Waals surface area contributed by atoms with Gasteiger partial charge in [-0.15, -0.1) is 0 Å². The molecular formula is C27H35N3O2. The average molecular weight is 434 g/mol. The Morgan fingerprint density at radius 1 is 1.00 bits per heavy atom. The van der Waals surface area contributed by atoms with E-state index in [2.05, 4.69) is 41.3 Å². The molecule has 2 aliphatic carbocycles. The van der Waals surface area contributed by atoms with Crippen LogP contribution in [0.15, 0.2) is 48.5 Å². The van der Waals surface area contributed by atoms with Crippen molar-refractivity contribution in [3.63, 3.8) is 0 Å². The zero-order valence-corrected chi connectivity index (χ0v) is 19.3. The van der Waals surface area contributed by atoms with E-state index in [9.17, 15) is 4.79 Å². The Kier molecular flexibility index (Phi) is 6.20. The molecule has 5 rings (SSSR count). The summed E-state index contributed by atoms with van der Waals surface area (Å²) in [5.41, 5.74) is 3.88. The van der Waals surface area contributed by atoms with Crippen molar-refractivity contribution in [2.45, 2.75) is 50.9 Å². The summed E-state index contributed by atoms with van der Waals surface area (Å²) in [6.07, 6.45) is 6.72. The van der Waals surface area contributed by atoms with Gasteiger partial charge in [-0.05, 0) is 100.0 Å². The molecule has 2 aromatic carbocycles. The van der Waals surface area contributed by atoms with Crippen LogP contribution in [0.2, 0.25) is 0 Å². The third-order valence-corrected chi connectivity index (χ3v) is 7.73. The molecule has 1 heterocycles. The van der Waals surface area contributed by atoms with Crippen molar-refractivity contribution in [2.24, 2.45) is 11.8 Å². The second-order valence-corrected chi connectivity index (χ2v) is 10.00.